The first-order valence-corrected chi connectivity index (χ1v) is 17.9. The van der Waals surface area contributed by atoms with Crippen LogP contribution < -0.4 is 33.8 Å². The van der Waals surface area contributed by atoms with Crippen LogP contribution in [0.4, 0.5) is 0 Å². The van der Waals surface area contributed by atoms with Gasteiger partial charge < -0.3 is 28.4 Å². The number of rotatable bonds is 14. The van der Waals surface area contributed by atoms with E-state index in [4.69, 9.17) is 28.4 Å². The van der Waals surface area contributed by atoms with Gasteiger partial charge in [0, 0.05) is 0 Å². The van der Waals surface area contributed by atoms with Crippen LogP contribution in [0.3, 0.4) is 0 Å². The molecule has 0 fully saturated rings. The van der Waals surface area contributed by atoms with Crippen LogP contribution in [0.15, 0.2) is 81.7 Å². The minimum atomic E-state index is -0.880. The highest BCUT2D eigenvalue weighted by molar-refractivity contribution is 14.1. The summed E-state index contributed by atoms with van der Waals surface area (Å²) in [6.07, 6.45) is 1.78. The van der Waals surface area contributed by atoms with Crippen molar-refractivity contribution in [3.63, 3.8) is 0 Å². The number of fused-ring (bicyclic) bond motifs is 1. The Morgan fingerprint density at radius 2 is 1.66 bits per heavy atom. The predicted octanol–water partition coefficient (Wildman–Crippen LogP) is 5.33. The molecule has 50 heavy (non-hydrogen) atoms. The Morgan fingerprint density at radius 3 is 2.36 bits per heavy atom. The third-order valence-corrected chi connectivity index (χ3v) is 9.31. The second kappa shape index (κ2) is 16.9. The summed E-state index contributed by atoms with van der Waals surface area (Å²) >= 11 is 3.42. The molecule has 1 aliphatic heterocycles. The monoisotopic (exact) mass is 812 g/mol. The number of hydrogen-bond donors (Lipinski definition) is 0. The lowest BCUT2D eigenvalue weighted by Gasteiger charge is -2.25. The number of halogens is 1. The van der Waals surface area contributed by atoms with Crippen LogP contribution in [0, 0.1) is 3.57 Å². The molecule has 0 unspecified atom stereocenters. The molecule has 1 atom stereocenters. The number of allylic oxidation sites excluding steroid dienone is 1. The average Bonchev–Trinajstić information content (AvgIpc) is 3.40. The molecule has 262 valence electrons. The van der Waals surface area contributed by atoms with E-state index in [2.05, 4.69) is 27.6 Å². The zero-order valence-electron chi connectivity index (χ0n) is 28.3. The van der Waals surface area contributed by atoms with Gasteiger partial charge in [0.15, 0.2) is 34.4 Å². The van der Waals surface area contributed by atoms with E-state index in [1.54, 1.807) is 38.1 Å². The molecule has 1 aliphatic rings. The van der Waals surface area contributed by atoms with E-state index in [1.807, 2.05) is 56.3 Å². The molecule has 13 heteroatoms. The van der Waals surface area contributed by atoms with E-state index in [9.17, 15) is 14.4 Å². The fourth-order valence-corrected chi connectivity index (χ4v) is 7.17. The maximum atomic E-state index is 14.3. The van der Waals surface area contributed by atoms with Gasteiger partial charge in [-0.1, -0.05) is 47.7 Å². The van der Waals surface area contributed by atoms with E-state index >= 15 is 0 Å². The molecule has 4 aromatic rings. The standard InChI is InChI=1S/C37H37IN2O9S/c1-6-45-28-19-25(14-15-27(28)48-21-31(41)44-5)33-32(36(43)47-8-3)22(4)39-37-40(33)35(42)30(50-37)18-24-16-26(38)34(29(17-24)46-7-2)49-20-23-12-10-9-11-13-23/h9-19,33H,6-8,20-21H2,1-5H3/b30-18+/t33-/m0/s1. The lowest BCUT2D eigenvalue weighted by Crippen LogP contribution is -2.40. The fourth-order valence-electron chi connectivity index (χ4n) is 5.34. The molecule has 5 rings (SSSR count). The summed E-state index contributed by atoms with van der Waals surface area (Å²) in [5.74, 6) is 0.687. The quantitative estimate of drug-likeness (QED) is 0.123. The number of esters is 2. The Bertz CT molecular complexity index is 2090. The summed E-state index contributed by atoms with van der Waals surface area (Å²) < 4.78 is 36.5. The molecule has 0 aliphatic carbocycles. The SMILES string of the molecule is CCOC(=O)C1=C(C)N=c2s/c(=C/c3cc(I)c(OCc4ccccc4)c(OCC)c3)c(=O)n2[C@H]1c1ccc(OCC(=O)OC)c(OCC)c1. The maximum absolute atomic E-state index is 14.3. The minimum absolute atomic E-state index is 0.142. The molecule has 0 saturated heterocycles. The number of ether oxygens (including phenoxy) is 6. The lowest BCUT2D eigenvalue weighted by atomic mass is 9.95. The molecule has 0 bridgehead atoms. The van der Waals surface area contributed by atoms with Crippen molar-refractivity contribution in [2.24, 2.45) is 4.99 Å². The van der Waals surface area contributed by atoms with Crippen LogP contribution in [-0.4, -0.2) is 50.0 Å². The summed E-state index contributed by atoms with van der Waals surface area (Å²) in [6.45, 7) is 8.08. The zero-order valence-corrected chi connectivity index (χ0v) is 31.3. The molecular formula is C37H37IN2O9S. The van der Waals surface area contributed by atoms with Crippen LogP contribution in [0.1, 0.15) is 50.4 Å². The van der Waals surface area contributed by atoms with Crippen LogP contribution in [0.25, 0.3) is 6.08 Å². The highest BCUT2D eigenvalue weighted by atomic mass is 127. The van der Waals surface area contributed by atoms with Crippen molar-refractivity contribution in [2.45, 2.75) is 40.3 Å². The predicted molar refractivity (Wildman–Crippen MR) is 197 cm³/mol. The van der Waals surface area contributed by atoms with E-state index in [0.29, 0.717) is 63.4 Å². The van der Waals surface area contributed by atoms with Gasteiger partial charge in [-0.05, 0) is 97.3 Å². The normalized spacial score (nSPS) is 14.0. The molecule has 2 heterocycles. The summed E-state index contributed by atoms with van der Waals surface area (Å²) in [5, 5.41) is 0. The topological polar surface area (TPSA) is 124 Å². The van der Waals surface area contributed by atoms with Gasteiger partial charge in [-0.2, -0.15) is 0 Å². The van der Waals surface area contributed by atoms with Crippen LogP contribution in [0.5, 0.6) is 23.0 Å². The average molecular weight is 813 g/mol. The van der Waals surface area contributed by atoms with Crippen molar-refractivity contribution in [3.05, 3.63) is 112 Å². The number of carbonyl (C=O) groups excluding carboxylic acids is 2. The number of nitrogens with zero attached hydrogens (tertiary/aromatic N) is 2. The molecule has 0 radical (unpaired) electrons. The van der Waals surface area contributed by atoms with Gasteiger partial charge in [0.2, 0.25) is 0 Å². The minimum Gasteiger partial charge on any atom is -0.490 e. The van der Waals surface area contributed by atoms with Gasteiger partial charge in [-0.15, -0.1) is 0 Å². The first-order valence-electron chi connectivity index (χ1n) is 16.0. The van der Waals surface area contributed by atoms with Crippen LogP contribution >= 0.6 is 33.9 Å². The highest BCUT2D eigenvalue weighted by Crippen LogP contribution is 2.37. The Kier molecular flexibility index (Phi) is 12.4. The first kappa shape index (κ1) is 36.6. The van der Waals surface area contributed by atoms with Crippen molar-refractivity contribution >= 4 is 51.9 Å². The molecular weight excluding hydrogens is 775 g/mol. The number of hydrogen-bond acceptors (Lipinski definition) is 11. The lowest BCUT2D eigenvalue weighted by molar-refractivity contribution is -0.143. The zero-order chi connectivity index (χ0) is 35.8. The van der Waals surface area contributed by atoms with Crippen LogP contribution in [0.2, 0.25) is 0 Å². The molecule has 11 nitrogen and oxygen atoms in total. The van der Waals surface area contributed by atoms with Crippen molar-refractivity contribution in [3.8, 4) is 23.0 Å². The molecule has 1 aromatic heterocycles. The van der Waals surface area contributed by atoms with Gasteiger partial charge in [-0.3, -0.25) is 9.36 Å². The number of methoxy groups -OCH3 is 1. The summed E-state index contributed by atoms with van der Waals surface area (Å²) in [4.78, 5) is 44.6. The van der Waals surface area contributed by atoms with Gasteiger partial charge in [-0.25, -0.2) is 14.6 Å². The van der Waals surface area contributed by atoms with E-state index in [1.165, 1.54) is 23.0 Å². The van der Waals surface area contributed by atoms with Gasteiger partial charge in [0.1, 0.15) is 6.61 Å². The smallest absolute Gasteiger partial charge is 0.343 e. The molecule has 0 spiro atoms. The van der Waals surface area contributed by atoms with E-state index in [-0.39, 0.29) is 24.3 Å². The summed E-state index contributed by atoms with van der Waals surface area (Å²) in [5.41, 5.74) is 2.65. The van der Waals surface area contributed by atoms with Crippen LogP contribution in [-0.2, 0) is 25.7 Å². The Balaban J connectivity index is 1.60. The fraction of sp³-hybridized carbons (Fsp3) is 0.297. The van der Waals surface area contributed by atoms with Crippen molar-refractivity contribution in [2.75, 3.05) is 33.5 Å². The van der Waals surface area contributed by atoms with Crippen molar-refractivity contribution in [1.82, 2.24) is 4.57 Å². The molecule has 0 saturated carbocycles. The maximum Gasteiger partial charge on any atom is 0.343 e. The second-order valence-corrected chi connectivity index (χ2v) is 13.0. The Morgan fingerprint density at radius 1 is 0.920 bits per heavy atom. The van der Waals surface area contributed by atoms with Gasteiger partial charge >= 0.3 is 11.9 Å². The number of thiazole rings is 1. The van der Waals surface area contributed by atoms with Gasteiger partial charge in [0.05, 0.1) is 52.3 Å². The number of carbonyl (C=O) groups is 2. The largest absolute Gasteiger partial charge is 0.490 e. The second-order valence-electron chi connectivity index (χ2n) is 10.8. The number of benzene rings is 3. The highest BCUT2D eigenvalue weighted by Gasteiger charge is 2.34. The van der Waals surface area contributed by atoms with E-state index < -0.39 is 18.0 Å². The molecule has 3 aromatic carbocycles. The van der Waals surface area contributed by atoms with Crippen molar-refractivity contribution < 1.29 is 38.0 Å². The molecule has 0 amide bonds. The summed E-state index contributed by atoms with van der Waals surface area (Å²) in [7, 11) is 1.27. The Hall–Kier alpha value is -4.63. The van der Waals surface area contributed by atoms with E-state index in [0.717, 1.165) is 14.7 Å². The third-order valence-electron chi connectivity index (χ3n) is 7.53. The third kappa shape index (κ3) is 8.21. The first-order chi connectivity index (χ1) is 24.2. The molecule has 0 N–H and O–H groups in total. The summed E-state index contributed by atoms with van der Waals surface area (Å²) in [6, 6.07) is 17.8. The number of aromatic nitrogens is 1. The van der Waals surface area contributed by atoms with Crippen molar-refractivity contribution in [1.29, 1.82) is 0 Å². The van der Waals surface area contributed by atoms with Gasteiger partial charge in [0.25, 0.3) is 5.56 Å². The Labute approximate surface area is 306 Å².